The first kappa shape index (κ1) is 34.1. The minimum absolute atomic E-state index is 0.109. The maximum absolute atomic E-state index is 13.1. The molecule has 0 atom stereocenters. The van der Waals surface area contributed by atoms with Crippen molar-refractivity contribution >= 4 is 0 Å². The van der Waals surface area contributed by atoms with Crippen molar-refractivity contribution in [3.05, 3.63) is 178 Å². The number of hydrogen-bond donors (Lipinski definition) is 0. The number of benzene rings is 2. The van der Waals surface area contributed by atoms with Gasteiger partial charge in [-0.05, 0) is 59.7 Å². The highest BCUT2D eigenvalue weighted by Crippen LogP contribution is 2.22. The second-order valence-electron chi connectivity index (χ2n) is 11.2. The Morgan fingerprint density at radius 2 is 1.02 bits per heavy atom. The molecule has 8 rings (SSSR count). The molecular weight excluding hydrogens is 681 g/mol. The Labute approximate surface area is 306 Å². The molecule has 2 aromatic carbocycles. The van der Waals surface area contributed by atoms with Crippen molar-refractivity contribution in [2.24, 2.45) is 0 Å². The number of nitrogens with zero attached hydrogens (tertiary/aromatic N) is 12. The maximum Gasteiger partial charge on any atom is 0.279 e. The molecule has 0 N–H and O–H groups in total. The molecule has 0 saturated carbocycles. The summed E-state index contributed by atoms with van der Waals surface area (Å²) in [6, 6.07) is 35.7. The number of nitriles is 2. The second-order valence-corrected chi connectivity index (χ2v) is 11.2. The van der Waals surface area contributed by atoms with Crippen LogP contribution in [0.5, 0.6) is 0 Å². The Kier molecular flexibility index (Phi) is 9.90. The van der Waals surface area contributed by atoms with Crippen LogP contribution < -0.4 is 11.1 Å². The van der Waals surface area contributed by atoms with Crippen LogP contribution in [0.25, 0.3) is 56.7 Å². The molecule has 0 unspecified atom stereocenters. The summed E-state index contributed by atoms with van der Waals surface area (Å²) in [6.07, 6.45) is 9.38. The molecular formula is C40H24N12O2. The monoisotopic (exact) mass is 704 g/mol. The van der Waals surface area contributed by atoms with Gasteiger partial charge in [-0.15, -0.1) is 0 Å². The van der Waals surface area contributed by atoms with Crippen LogP contribution >= 0.6 is 0 Å². The third-order valence-electron chi connectivity index (χ3n) is 7.81. The van der Waals surface area contributed by atoms with Crippen molar-refractivity contribution in [2.45, 2.75) is 0 Å². The number of pyridine rings is 2. The van der Waals surface area contributed by atoms with Gasteiger partial charge >= 0.3 is 0 Å². The highest BCUT2D eigenvalue weighted by Gasteiger charge is 2.17. The van der Waals surface area contributed by atoms with E-state index in [0.717, 1.165) is 11.1 Å². The van der Waals surface area contributed by atoms with E-state index in [0.29, 0.717) is 45.5 Å². The Balaban J connectivity index is 0.000000167. The fraction of sp³-hybridized carbons (Fsp3) is 0. The van der Waals surface area contributed by atoms with E-state index in [1.165, 1.54) is 27.8 Å². The van der Waals surface area contributed by atoms with Crippen molar-refractivity contribution in [3.63, 3.8) is 0 Å². The molecule has 0 amide bonds. The smallest absolute Gasteiger partial charge is 0.267 e. The van der Waals surface area contributed by atoms with Crippen molar-refractivity contribution < 1.29 is 0 Å². The van der Waals surface area contributed by atoms with Gasteiger partial charge in [0, 0.05) is 31.0 Å². The second kappa shape index (κ2) is 15.7. The minimum Gasteiger partial charge on any atom is -0.267 e. The van der Waals surface area contributed by atoms with Gasteiger partial charge in [0.2, 0.25) is 0 Å². The lowest BCUT2D eigenvalue weighted by molar-refractivity contribution is 0.802. The van der Waals surface area contributed by atoms with E-state index in [-0.39, 0.29) is 22.5 Å². The van der Waals surface area contributed by atoms with Gasteiger partial charge < -0.3 is 0 Å². The van der Waals surface area contributed by atoms with Crippen LogP contribution in [0, 0.1) is 22.7 Å². The van der Waals surface area contributed by atoms with Gasteiger partial charge in [0.05, 0.1) is 23.0 Å². The SMILES string of the molecule is N#Cc1ccc(-n2nc(-c3ncccn3)cc(-c3ccccc3)c2=O)cn1.N#Cc1ncccc1-n1nc(-c2ncccn2)cc(-c2ccccc2)c1=O. The molecule has 14 heteroatoms. The molecule has 14 nitrogen and oxygen atoms in total. The van der Waals surface area contributed by atoms with Crippen LogP contribution in [0.2, 0.25) is 0 Å². The summed E-state index contributed by atoms with van der Waals surface area (Å²) >= 11 is 0. The lowest BCUT2D eigenvalue weighted by Gasteiger charge is -2.11. The van der Waals surface area contributed by atoms with E-state index in [1.54, 1.807) is 67.3 Å². The summed E-state index contributed by atoms with van der Waals surface area (Å²) in [5, 5.41) is 27.1. The average Bonchev–Trinajstić information content (AvgIpc) is 3.25. The lowest BCUT2D eigenvalue weighted by Crippen LogP contribution is -2.24. The van der Waals surface area contributed by atoms with E-state index >= 15 is 0 Å². The molecule has 0 bridgehead atoms. The molecule has 0 aliphatic rings. The summed E-state index contributed by atoms with van der Waals surface area (Å²) in [6.45, 7) is 0. The third kappa shape index (κ3) is 7.25. The van der Waals surface area contributed by atoms with Crippen LogP contribution in [-0.4, -0.2) is 49.5 Å². The van der Waals surface area contributed by atoms with Crippen LogP contribution in [0.15, 0.2) is 156 Å². The summed E-state index contributed by atoms with van der Waals surface area (Å²) in [7, 11) is 0. The van der Waals surface area contributed by atoms with E-state index in [4.69, 9.17) is 5.26 Å². The zero-order valence-electron chi connectivity index (χ0n) is 28.0. The highest BCUT2D eigenvalue weighted by atomic mass is 16.1. The van der Waals surface area contributed by atoms with E-state index in [9.17, 15) is 14.9 Å². The summed E-state index contributed by atoms with van der Waals surface area (Å²) in [5.74, 6) is 0.788. The number of rotatable bonds is 6. The van der Waals surface area contributed by atoms with Gasteiger partial charge in [-0.2, -0.15) is 30.1 Å². The first-order valence-electron chi connectivity index (χ1n) is 16.2. The largest absolute Gasteiger partial charge is 0.279 e. The molecule has 0 saturated heterocycles. The molecule has 256 valence electrons. The first-order valence-corrected chi connectivity index (χ1v) is 16.2. The van der Waals surface area contributed by atoms with Crippen molar-refractivity contribution in [3.8, 4) is 68.8 Å². The molecule has 6 aromatic heterocycles. The number of aromatic nitrogens is 10. The Morgan fingerprint density at radius 3 is 1.52 bits per heavy atom. The quantitative estimate of drug-likeness (QED) is 0.219. The standard InChI is InChI=1S/2C20H12N6O/c21-13-17-18(8-4-9-22-17)26-20(27)15(14-6-2-1-3-7-14)12-16(25-26)19-23-10-5-11-24-19;21-12-15-7-8-16(13-24-15)26-20(27)17(14-5-2-1-3-6-14)11-18(25-26)19-22-9-4-10-23-19/h1-12H;1-11,13H. The van der Waals surface area contributed by atoms with Crippen molar-refractivity contribution in [1.82, 2.24) is 49.5 Å². The Hall–Kier alpha value is -8.36. The first-order chi connectivity index (χ1) is 26.5. The minimum atomic E-state index is -0.356. The average molecular weight is 705 g/mol. The molecule has 54 heavy (non-hydrogen) atoms. The normalized spacial score (nSPS) is 10.3. The fourth-order valence-electron chi connectivity index (χ4n) is 5.29. The topological polar surface area (TPSA) is 195 Å². The number of hydrogen-bond acceptors (Lipinski definition) is 12. The zero-order valence-corrected chi connectivity index (χ0v) is 28.0. The lowest BCUT2D eigenvalue weighted by atomic mass is 10.1. The third-order valence-corrected chi connectivity index (χ3v) is 7.81. The van der Waals surface area contributed by atoms with Gasteiger partial charge in [0.15, 0.2) is 17.3 Å². The van der Waals surface area contributed by atoms with Crippen LogP contribution in [-0.2, 0) is 0 Å². The van der Waals surface area contributed by atoms with Crippen LogP contribution in [0.4, 0.5) is 0 Å². The predicted molar refractivity (Wildman–Crippen MR) is 198 cm³/mol. The van der Waals surface area contributed by atoms with Gasteiger partial charge in [0.25, 0.3) is 11.1 Å². The highest BCUT2D eigenvalue weighted by molar-refractivity contribution is 5.68. The Morgan fingerprint density at radius 1 is 0.500 bits per heavy atom. The Bertz CT molecular complexity index is 2760. The fourth-order valence-corrected chi connectivity index (χ4v) is 5.29. The predicted octanol–water partition coefficient (Wildman–Crippen LogP) is 5.25. The summed E-state index contributed by atoms with van der Waals surface area (Å²) in [5.41, 5.74) is 3.75. The van der Waals surface area contributed by atoms with E-state index < -0.39 is 0 Å². The molecule has 0 radical (unpaired) electrons. The van der Waals surface area contributed by atoms with E-state index in [2.05, 4.69) is 40.1 Å². The van der Waals surface area contributed by atoms with Crippen molar-refractivity contribution in [2.75, 3.05) is 0 Å². The summed E-state index contributed by atoms with van der Waals surface area (Å²) in [4.78, 5) is 51.2. The van der Waals surface area contributed by atoms with Crippen LogP contribution in [0.1, 0.15) is 11.4 Å². The maximum atomic E-state index is 13.1. The van der Waals surface area contributed by atoms with Crippen molar-refractivity contribution in [1.29, 1.82) is 10.5 Å². The molecule has 0 aliphatic carbocycles. The van der Waals surface area contributed by atoms with Gasteiger partial charge in [-0.25, -0.2) is 29.9 Å². The molecule has 8 aromatic rings. The molecule has 0 fully saturated rings. The van der Waals surface area contributed by atoms with Gasteiger partial charge in [-0.1, -0.05) is 60.7 Å². The molecule has 0 aliphatic heterocycles. The van der Waals surface area contributed by atoms with Gasteiger partial charge in [-0.3, -0.25) is 9.59 Å². The zero-order chi connectivity index (χ0) is 37.3. The summed E-state index contributed by atoms with van der Waals surface area (Å²) < 4.78 is 2.43. The van der Waals surface area contributed by atoms with Gasteiger partial charge in [0.1, 0.15) is 34.9 Å². The van der Waals surface area contributed by atoms with Crippen LogP contribution in [0.3, 0.4) is 0 Å². The van der Waals surface area contributed by atoms with E-state index in [1.807, 2.05) is 72.8 Å². The molecule has 0 spiro atoms. The molecule has 6 heterocycles.